The lowest BCUT2D eigenvalue weighted by atomic mass is 10.2. The van der Waals surface area contributed by atoms with Gasteiger partial charge in [0.1, 0.15) is 12.3 Å². The number of hydrogen-bond acceptors (Lipinski definition) is 6. The quantitative estimate of drug-likeness (QED) is 0.538. The van der Waals surface area contributed by atoms with Crippen molar-refractivity contribution in [2.24, 2.45) is 0 Å². The second-order valence-corrected chi connectivity index (χ2v) is 7.34. The Bertz CT molecular complexity index is 973. The molecule has 144 valence electrons. The molecule has 1 N–H and O–H groups in total. The van der Waals surface area contributed by atoms with Gasteiger partial charge < -0.3 is 9.84 Å². The molecule has 0 aliphatic rings. The third-order valence-corrected chi connectivity index (χ3v) is 5.56. The molecule has 0 aliphatic carbocycles. The zero-order chi connectivity index (χ0) is 20.2. The summed E-state index contributed by atoms with van der Waals surface area (Å²) in [4.78, 5) is 21.3. The Balaban J connectivity index is 2.69. The average Bonchev–Trinajstić information content (AvgIpc) is 2.60. The summed E-state index contributed by atoms with van der Waals surface area (Å²) in [6.07, 6.45) is 0. The number of hydrogen-bond donors (Lipinski definition) is 1. The summed E-state index contributed by atoms with van der Waals surface area (Å²) in [5, 5.41) is 20.3. The van der Waals surface area contributed by atoms with Gasteiger partial charge in [-0.25, -0.2) is 8.42 Å². The molecule has 2 rings (SSSR count). The van der Waals surface area contributed by atoms with Gasteiger partial charge in [0.25, 0.3) is 15.7 Å². The molecule has 0 aromatic heterocycles. The molecule has 0 saturated heterocycles. The molecule has 27 heavy (non-hydrogen) atoms. The highest BCUT2D eigenvalue weighted by atomic mass is 32.2. The zero-order valence-corrected chi connectivity index (χ0v) is 15.5. The summed E-state index contributed by atoms with van der Waals surface area (Å²) >= 11 is 0. The van der Waals surface area contributed by atoms with E-state index < -0.39 is 33.1 Å². The Morgan fingerprint density at radius 2 is 1.93 bits per heavy atom. The Hall–Kier alpha value is -3.14. The lowest BCUT2D eigenvalue weighted by molar-refractivity contribution is -0.385. The number of para-hydroxylation sites is 2. The van der Waals surface area contributed by atoms with Crippen molar-refractivity contribution in [2.45, 2.75) is 18.7 Å². The number of carboxylic acids is 1. The number of non-ortho nitro benzene ring substituents is 1. The van der Waals surface area contributed by atoms with Crippen molar-refractivity contribution in [2.75, 3.05) is 17.5 Å². The first-order valence-electron chi connectivity index (χ1n) is 7.90. The lowest BCUT2D eigenvalue weighted by Crippen LogP contribution is -2.36. The van der Waals surface area contributed by atoms with Crippen LogP contribution in [0.5, 0.6) is 5.75 Å². The molecule has 2 aromatic rings. The number of nitrogens with zero attached hydrogens (tertiary/aromatic N) is 2. The van der Waals surface area contributed by atoms with Crippen LogP contribution in [0.25, 0.3) is 0 Å². The summed E-state index contributed by atoms with van der Waals surface area (Å²) in [7, 11) is -4.41. The predicted molar refractivity (Wildman–Crippen MR) is 97.6 cm³/mol. The van der Waals surface area contributed by atoms with E-state index in [9.17, 15) is 28.4 Å². The van der Waals surface area contributed by atoms with Gasteiger partial charge in [0, 0.05) is 12.1 Å². The van der Waals surface area contributed by atoms with Crippen molar-refractivity contribution in [3.8, 4) is 5.75 Å². The molecule has 0 heterocycles. The maximum absolute atomic E-state index is 13.2. The summed E-state index contributed by atoms with van der Waals surface area (Å²) in [6, 6.07) is 9.51. The fourth-order valence-electron chi connectivity index (χ4n) is 2.46. The number of nitro groups is 1. The first-order valence-corrected chi connectivity index (χ1v) is 9.34. The van der Waals surface area contributed by atoms with Crippen LogP contribution in [0.2, 0.25) is 0 Å². The van der Waals surface area contributed by atoms with Gasteiger partial charge in [0.2, 0.25) is 0 Å². The summed E-state index contributed by atoms with van der Waals surface area (Å²) < 4.78 is 32.5. The standard InChI is InChI=1S/C17H18N2O7S/c1-3-26-15-7-5-4-6-14(15)18(11-17(20)21)27(24,25)16-10-13(19(22)23)9-8-12(16)2/h4-10H,3,11H2,1-2H3,(H,20,21). The van der Waals surface area contributed by atoms with E-state index in [1.165, 1.54) is 31.2 Å². The van der Waals surface area contributed by atoms with Crippen molar-refractivity contribution >= 4 is 27.4 Å². The summed E-state index contributed by atoms with van der Waals surface area (Å²) in [5.74, 6) is -1.19. The minimum absolute atomic E-state index is 0.0349. The highest BCUT2D eigenvalue weighted by Crippen LogP contribution is 2.34. The number of nitro benzene ring substituents is 1. The number of sulfonamides is 1. The van der Waals surface area contributed by atoms with Crippen molar-refractivity contribution in [3.05, 3.63) is 58.1 Å². The molecule has 0 aliphatic heterocycles. The van der Waals surface area contributed by atoms with Gasteiger partial charge in [0.15, 0.2) is 0 Å². The van der Waals surface area contributed by atoms with Gasteiger partial charge in [-0.1, -0.05) is 18.2 Å². The van der Waals surface area contributed by atoms with E-state index in [2.05, 4.69) is 0 Å². The first-order chi connectivity index (χ1) is 12.7. The van der Waals surface area contributed by atoms with Crippen LogP contribution < -0.4 is 9.04 Å². The molecule has 9 nitrogen and oxygen atoms in total. The zero-order valence-electron chi connectivity index (χ0n) is 14.7. The topological polar surface area (TPSA) is 127 Å². The Morgan fingerprint density at radius 3 is 2.52 bits per heavy atom. The van der Waals surface area contributed by atoms with Crippen LogP contribution in [-0.4, -0.2) is 37.6 Å². The second-order valence-electron chi connectivity index (χ2n) is 5.51. The lowest BCUT2D eigenvalue weighted by Gasteiger charge is -2.25. The Labute approximate surface area is 156 Å². The summed E-state index contributed by atoms with van der Waals surface area (Å²) in [5.41, 5.74) is -0.120. The molecular formula is C17H18N2O7S. The van der Waals surface area contributed by atoms with Crippen LogP contribution in [0, 0.1) is 17.0 Å². The van der Waals surface area contributed by atoms with E-state index in [0.29, 0.717) is 4.31 Å². The van der Waals surface area contributed by atoms with Crippen LogP contribution >= 0.6 is 0 Å². The van der Waals surface area contributed by atoms with E-state index in [-0.39, 0.29) is 28.5 Å². The molecule has 0 atom stereocenters. The van der Waals surface area contributed by atoms with Crippen LogP contribution in [0.4, 0.5) is 11.4 Å². The van der Waals surface area contributed by atoms with Gasteiger partial charge in [-0.2, -0.15) is 0 Å². The highest BCUT2D eigenvalue weighted by molar-refractivity contribution is 7.93. The van der Waals surface area contributed by atoms with E-state index in [4.69, 9.17) is 4.74 Å². The summed E-state index contributed by atoms with van der Waals surface area (Å²) in [6.45, 7) is 2.56. The number of carbonyl (C=O) groups is 1. The minimum atomic E-state index is -4.41. The molecule has 0 amide bonds. The van der Waals surface area contributed by atoms with Gasteiger partial charge in [-0.05, 0) is 31.5 Å². The Kier molecular flexibility index (Phi) is 6.01. The fraction of sp³-hybridized carbons (Fsp3) is 0.235. The van der Waals surface area contributed by atoms with Gasteiger partial charge in [-0.3, -0.25) is 19.2 Å². The number of benzene rings is 2. The molecule has 2 aromatic carbocycles. The molecule has 10 heteroatoms. The molecule has 0 saturated carbocycles. The Morgan fingerprint density at radius 1 is 1.26 bits per heavy atom. The van der Waals surface area contributed by atoms with Crippen LogP contribution in [0.1, 0.15) is 12.5 Å². The first kappa shape index (κ1) is 20.2. The number of rotatable bonds is 8. The maximum atomic E-state index is 13.2. The number of aryl methyl sites for hydroxylation is 1. The fourth-order valence-corrected chi connectivity index (χ4v) is 4.13. The molecule has 0 radical (unpaired) electrons. The number of aliphatic carboxylic acids is 1. The van der Waals surface area contributed by atoms with E-state index in [0.717, 1.165) is 6.07 Å². The van der Waals surface area contributed by atoms with Crippen molar-refractivity contribution in [3.63, 3.8) is 0 Å². The predicted octanol–water partition coefficient (Wildman–Crippen LogP) is 2.58. The van der Waals surface area contributed by atoms with Gasteiger partial charge >= 0.3 is 5.97 Å². The van der Waals surface area contributed by atoms with Crippen molar-refractivity contribution in [1.82, 2.24) is 0 Å². The van der Waals surface area contributed by atoms with E-state index >= 15 is 0 Å². The third-order valence-electron chi connectivity index (χ3n) is 3.66. The van der Waals surface area contributed by atoms with Crippen LogP contribution in [0.15, 0.2) is 47.4 Å². The van der Waals surface area contributed by atoms with E-state index in [1.807, 2.05) is 0 Å². The average molecular weight is 394 g/mol. The monoisotopic (exact) mass is 394 g/mol. The molecule has 0 fully saturated rings. The number of carboxylic acid groups (broad SMARTS) is 1. The molecular weight excluding hydrogens is 376 g/mol. The largest absolute Gasteiger partial charge is 0.492 e. The van der Waals surface area contributed by atoms with Gasteiger partial charge in [-0.15, -0.1) is 0 Å². The third kappa shape index (κ3) is 4.34. The van der Waals surface area contributed by atoms with Crippen molar-refractivity contribution in [1.29, 1.82) is 0 Å². The second kappa shape index (κ2) is 8.04. The van der Waals surface area contributed by atoms with E-state index in [1.54, 1.807) is 19.1 Å². The number of ether oxygens (including phenoxy) is 1. The highest BCUT2D eigenvalue weighted by Gasteiger charge is 2.31. The molecule has 0 unspecified atom stereocenters. The molecule has 0 spiro atoms. The maximum Gasteiger partial charge on any atom is 0.324 e. The van der Waals surface area contributed by atoms with Crippen LogP contribution in [0.3, 0.4) is 0 Å². The number of anilines is 1. The molecule has 0 bridgehead atoms. The minimum Gasteiger partial charge on any atom is -0.492 e. The normalized spacial score (nSPS) is 11.0. The smallest absolute Gasteiger partial charge is 0.324 e. The SMILES string of the molecule is CCOc1ccccc1N(CC(=O)O)S(=O)(=O)c1cc([N+](=O)[O-])ccc1C. The van der Waals surface area contributed by atoms with Gasteiger partial charge in [0.05, 0.1) is 22.1 Å². The van der Waals surface area contributed by atoms with Crippen molar-refractivity contribution < 1.29 is 28.0 Å². The van der Waals surface area contributed by atoms with Crippen LogP contribution in [-0.2, 0) is 14.8 Å².